The van der Waals surface area contributed by atoms with E-state index in [9.17, 15) is 4.79 Å². The third-order valence-corrected chi connectivity index (χ3v) is 2.49. The highest BCUT2D eigenvalue weighted by atomic mass is 16.5. The maximum atomic E-state index is 11.6. The lowest BCUT2D eigenvalue weighted by Crippen LogP contribution is -2.13. The predicted octanol–water partition coefficient (Wildman–Crippen LogP) is 3.77. The molecule has 96 valence electrons. The van der Waals surface area contributed by atoms with Crippen molar-refractivity contribution >= 4 is 24.2 Å². The number of ether oxygens (including phenoxy) is 1. The molecule has 0 saturated heterocycles. The number of hydrogen-bond acceptors (Lipinski definition) is 3. The minimum absolute atomic E-state index is 0.242. The van der Waals surface area contributed by atoms with Gasteiger partial charge in [0.15, 0.2) is 0 Å². The number of rotatable bonds is 4. The zero-order chi connectivity index (χ0) is 13.5. The normalized spacial score (nSPS) is 9.68. The predicted molar refractivity (Wildman–Crippen MR) is 75.9 cm³/mol. The van der Waals surface area contributed by atoms with Crippen LogP contribution in [0.5, 0.6) is 0 Å². The lowest BCUT2D eigenvalue weighted by atomic mass is 10.2. The number of carbonyl (C=O) groups is 1. The Bertz CT molecular complexity index is 567. The summed E-state index contributed by atoms with van der Waals surface area (Å²) >= 11 is 0. The number of anilines is 1. The summed E-state index contributed by atoms with van der Waals surface area (Å²) in [5.74, 6) is 0. The fraction of sp³-hybridized carbons (Fsp3) is 0.0667. The van der Waals surface area contributed by atoms with Crippen LogP contribution >= 0.6 is 0 Å². The van der Waals surface area contributed by atoms with Crippen molar-refractivity contribution in [2.24, 2.45) is 4.99 Å². The summed E-state index contributed by atoms with van der Waals surface area (Å²) < 4.78 is 5.11. The molecule has 0 aromatic heterocycles. The summed E-state index contributed by atoms with van der Waals surface area (Å²) in [6, 6.07) is 16.6. The van der Waals surface area contributed by atoms with E-state index in [-0.39, 0.29) is 6.61 Å². The Balaban J connectivity index is 1.89. The number of benzene rings is 2. The van der Waals surface area contributed by atoms with Gasteiger partial charge in [0.05, 0.1) is 5.69 Å². The average Bonchev–Trinajstić information content (AvgIpc) is 2.46. The standard InChI is InChI=1S/C15H14N2O2/c1-16-13-8-5-9-14(10-13)17-15(18)19-11-12-6-3-2-4-7-12/h2-10H,1,11H2,(H,17,18). The first-order valence-electron chi connectivity index (χ1n) is 5.82. The molecule has 0 aliphatic rings. The van der Waals surface area contributed by atoms with E-state index in [1.165, 1.54) is 0 Å². The Morgan fingerprint density at radius 1 is 1.16 bits per heavy atom. The molecule has 1 N–H and O–H groups in total. The summed E-state index contributed by atoms with van der Waals surface area (Å²) in [5.41, 5.74) is 2.27. The Kier molecular flexibility index (Phi) is 4.29. The van der Waals surface area contributed by atoms with Crippen molar-refractivity contribution in [2.45, 2.75) is 6.61 Å². The van der Waals surface area contributed by atoms with Gasteiger partial charge in [-0.05, 0) is 30.5 Å². The molecule has 0 bridgehead atoms. The zero-order valence-corrected chi connectivity index (χ0v) is 10.4. The van der Waals surface area contributed by atoms with Gasteiger partial charge < -0.3 is 4.74 Å². The minimum atomic E-state index is -0.495. The molecule has 0 atom stereocenters. The van der Waals surface area contributed by atoms with E-state index in [2.05, 4.69) is 17.0 Å². The van der Waals surface area contributed by atoms with Crippen molar-refractivity contribution in [3.05, 3.63) is 60.2 Å². The van der Waals surface area contributed by atoms with Gasteiger partial charge in [0.2, 0.25) is 0 Å². The van der Waals surface area contributed by atoms with Crippen LogP contribution in [-0.4, -0.2) is 12.8 Å². The molecule has 0 aliphatic heterocycles. The number of amides is 1. The lowest BCUT2D eigenvalue weighted by molar-refractivity contribution is 0.155. The van der Waals surface area contributed by atoms with E-state index >= 15 is 0 Å². The van der Waals surface area contributed by atoms with E-state index in [0.29, 0.717) is 11.4 Å². The van der Waals surface area contributed by atoms with Gasteiger partial charge in [-0.2, -0.15) is 0 Å². The molecule has 0 radical (unpaired) electrons. The third kappa shape index (κ3) is 3.96. The van der Waals surface area contributed by atoms with E-state index < -0.39 is 6.09 Å². The summed E-state index contributed by atoms with van der Waals surface area (Å²) in [6.45, 7) is 3.68. The lowest BCUT2D eigenvalue weighted by Gasteiger charge is -2.07. The Morgan fingerprint density at radius 3 is 2.68 bits per heavy atom. The first-order valence-corrected chi connectivity index (χ1v) is 5.82. The van der Waals surface area contributed by atoms with Crippen LogP contribution in [0.15, 0.2) is 59.6 Å². The Labute approximate surface area is 111 Å². The number of hydrogen-bond donors (Lipinski definition) is 1. The van der Waals surface area contributed by atoms with Gasteiger partial charge in [-0.15, -0.1) is 0 Å². The average molecular weight is 254 g/mol. The second-order valence-corrected chi connectivity index (χ2v) is 3.90. The van der Waals surface area contributed by atoms with E-state index in [1.54, 1.807) is 24.3 Å². The molecule has 0 unspecified atom stereocenters. The van der Waals surface area contributed by atoms with Gasteiger partial charge in [0.25, 0.3) is 0 Å². The molecule has 0 aliphatic carbocycles. The van der Waals surface area contributed by atoms with E-state index in [1.807, 2.05) is 30.3 Å². The van der Waals surface area contributed by atoms with Gasteiger partial charge in [-0.25, -0.2) is 4.79 Å². The SMILES string of the molecule is C=Nc1cccc(NC(=O)OCc2ccccc2)c1. The van der Waals surface area contributed by atoms with Gasteiger partial charge >= 0.3 is 6.09 Å². The van der Waals surface area contributed by atoms with Gasteiger partial charge in [-0.1, -0.05) is 36.4 Å². The van der Waals surface area contributed by atoms with Gasteiger partial charge in [-0.3, -0.25) is 10.3 Å². The van der Waals surface area contributed by atoms with Crippen molar-refractivity contribution in [3.8, 4) is 0 Å². The van der Waals surface area contributed by atoms with Crippen molar-refractivity contribution in [3.63, 3.8) is 0 Å². The first kappa shape index (κ1) is 12.8. The largest absolute Gasteiger partial charge is 0.444 e. The molecule has 1 amide bonds. The first-order chi connectivity index (χ1) is 9.28. The highest BCUT2D eigenvalue weighted by molar-refractivity contribution is 5.85. The van der Waals surface area contributed by atoms with Crippen LogP contribution in [0.1, 0.15) is 5.56 Å². The highest BCUT2D eigenvalue weighted by Gasteiger charge is 2.03. The summed E-state index contributed by atoms with van der Waals surface area (Å²) in [4.78, 5) is 15.4. The number of nitrogens with zero attached hydrogens (tertiary/aromatic N) is 1. The Hall–Kier alpha value is -2.62. The molecule has 2 rings (SSSR count). The third-order valence-electron chi connectivity index (χ3n) is 2.49. The number of carbonyl (C=O) groups excluding carboxylic acids is 1. The highest BCUT2D eigenvalue weighted by Crippen LogP contribution is 2.17. The summed E-state index contributed by atoms with van der Waals surface area (Å²) in [5, 5.41) is 2.64. The monoisotopic (exact) mass is 254 g/mol. The number of nitrogens with one attached hydrogen (secondary N) is 1. The van der Waals surface area contributed by atoms with Gasteiger partial charge in [0, 0.05) is 5.69 Å². The minimum Gasteiger partial charge on any atom is -0.444 e. The van der Waals surface area contributed by atoms with Crippen molar-refractivity contribution in [1.29, 1.82) is 0 Å². The van der Waals surface area contributed by atoms with Crippen LogP contribution in [0.25, 0.3) is 0 Å². The van der Waals surface area contributed by atoms with Gasteiger partial charge in [0.1, 0.15) is 6.61 Å². The number of aliphatic imine (C=N–C) groups is 1. The van der Waals surface area contributed by atoms with Crippen LogP contribution in [0, 0.1) is 0 Å². The molecule has 0 heterocycles. The van der Waals surface area contributed by atoms with Crippen LogP contribution in [0.3, 0.4) is 0 Å². The topological polar surface area (TPSA) is 50.7 Å². The second kappa shape index (κ2) is 6.35. The maximum Gasteiger partial charge on any atom is 0.411 e. The summed E-state index contributed by atoms with van der Waals surface area (Å²) in [7, 11) is 0. The molecular weight excluding hydrogens is 240 g/mol. The van der Waals surface area contributed by atoms with Crippen LogP contribution in [0.4, 0.5) is 16.2 Å². The fourth-order valence-electron chi connectivity index (χ4n) is 1.56. The molecular formula is C15H14N2O2. The molecule has 0 saturated carbocycles. The molecule has 2 aromatic carbocycles. The van der Waals surface area contributed by atoms with Crippen LogP contribution in [-0.2, 0) is 11.3 Å². The van der Waals surface area contributed by atoms with E-state index in [4.69, 9.17) is 4.74 Å². The Morgan fingerprint density at radius 2 is 1.95 bits per heavy atom. The molecule has 19 heavy (non-hydrogen) atoms. The smallest absolute Gasteiger partial charge is 0.411 e. The van der Waals surface area contributed by atoms with Crippen molar-refractivity contribution < 1.29 is 9.53 Å². The summed E-state index contributed by atoms with van der Waals surface area (Å²) in [6.07, 6.45) is -0.495. The molecule has 0 fully saturated rings. The quantitative estimate of drug-likeness (QED) is 0.844. The second-order valence-electron chi connectivity index (χ2n) is 3.90. The molecule has 2 aromatic rings. The van der Waals surface area contributed by atoms with Crippen LogP contribution < -0.4 is 5.32 Å². The van der Waals surface area contributed by atoms with Crippen molar-refractivity contribution in [1.82, 2.24) is 0 Å². The molecule has 4 nitrogen and oxygen atoms in total. The molecule has 0 spiro atoms. The molecule has 4 heteroatoms. The fourth-order valence-corrected chi connectivity index (χ4v) is 1.56. The van der Waals surface area contributed by atoms with E-state index in [0.717, 1.165) is 5.56 Å². The maximum absolute atomic E-state index is 11.6. The van der Waals surface area contributed by atoms with Crippen LogP contribution in [0.2, 0.25) is 0 Å². The van der Waals surface area contributed by atoms with Crippen molar-refractivity contribution in [2.75, 3.05) is 5.32 Å². The zero-order valence-electron chi connectivity index (χ0n) is 10.4.